The molecule has 8 aromatic carbocycles. The number of rotatable bonds is 0. The lowest BCUT2D eigenvalue weighted by Gasteiger charge is -1.98. The van der Waals surface area contributed by atoms with E-state index in [1.165, 1.54) is 75.4 Å². The predicted molar refractivity (Wildman–Crippen MR) is 123 cm³/mol. The minimum atomic E-state index is 1.34. The molecule has 0 aromatic heterocycles. The van der Waals surface area contributed by atoms with E-state index in [0.717, 1.165) is 0 Å². The maximum absolute atomic E-state index is 2.40. The highest BCUT2D eigenvalue weighted by molar-refractivity contribution is 6.48. The van der Waals surface area contributed by atoms with Crippen LogP contribution in [-0.2, 0) is 0 Å². The summed E-state index contributed by atoms with van der Waals surface area (Å²) in [6, 6.07) is 31.9. The highest BCUT2D eigenvalue weighted by Crippen LogP contribution is 2.50. The minimum Gasteiger partial charge on any atom is -0.0610 e. The van der Waals surface area contributed by atoms with E-state index in [1.54, 1.807) is 0 Å². The Kier molecular flexibility index (Phi) is 2.06. The van der Waals surface area contributed by atoms with Crippen LogP contribution in [0.2, 0.25) is 0 Å². The zero-order valence-electron chi connectivity index (χ0n) is 15.1. The second-order valence-corrected chi connectivity index (χ2v) is 8.12. The largest absolute Gasteiger partial charge is 0.0610 e. The fourth-order valence-electron chi connectivity index (χ4n) is 5.86. The van der Waals surface area contributed by atoms with Crippen LogP contribution in [-0.4, -0.2) is 0 Å². The summed E-state index contributed by atoms with van der Waals surface area (Å²) in [5, 5.41) is 19.4. The van der Waals surface area contributed by atoms with Crippen molar-refractivity contribution in [1.82, 2.24) is 0 Å². The second-order valence-electron chi connectivity index (χ2n) is 8.12. The third-order valence-corrected chi connectivity index (χ3v) is 6.84. The van der Waals surface area contributed by atoms with Crippen molar-refractivity contribution in [3.05, 3.63) is 84.9 Å². The minimum absolute atomic E-state index is 1.34. The number of fused-ring (bicyclic) bond motifs is 2. The van der Waals surface area contributed by atoms with Gasteiger partial charge in [0, 0.05) is 0 Å². The molecule has 8 rings (SSSR count). The Morgan fingerprint density at radius 3 is 0.857 bits per heavy atom. The third kappa shape index (κ3) is 1.31. The van der Waals surface area contributed by atoms with Crippen molar-refractivity contribution >= 4 is 75.4 Å². The van der Waals surface area contributed by atoms with Crippen LogP contribution in [0.25, 0.3) is 75.4 Å². The van der Waals surface area contributed by atoms with Crippen molar-refractivity contribution in [3.8, 4) is 0 Å². The molecule has 0 amide bonds. The van der Waals surface area contributed by atoms with Gasteiger partial charge < -0.3 is 0 Å². The lowest BCUT2D eigenvalue weighted by Crippen LogP contribution is -1.71. The molecule has 0 nitrogen and oxygen atoms in total. The van der Waals surface area contributed by atoms with Crippen LogP contribution in [0.4, 0.5) is 0 Å². The molecule has 0 fully saturated rings. The van der Waals surface area contributed by atoms with Gasteiger partial charge in [-0.05, 0) is 87.5 Å². The first-order valence-corrected chi connectivity index (χ1v) is 9.88. The first-order chi connectivity index (χ1) is 13.9. The van der Waals surface area contributed by atoms with Gasteiger partial charge in [-0.15, -0.1) is 0 Å². The summed E-state index contributed by atoms with van der Waals surface area (Å²) < 4.78 is 0. The van der Waals surface area contributed by atoms with Gasteiger partial charge in [0.05, 0.1) is 0 Å². The zero-order chi connectivity index (χ0) is 18.0. The highest BCUT2D eigenvalue weighted by Gasteiger charge is 2.21. The number of hydrogen-bond donors (Lipinski definition) is 0. The van der Waals surface area contributed by atoms with Gasteiger partial charge in [-0.2, -0.15) is 0 Å². The summed E-state index contributed by atoms with van der Waals surface area (Å²) in [5.41, 5.74) is 0. The Hall–Kier alpha value is -3.64. The molecule has 0 aliphatic heterocycles. The van der Waals surface area contributed by atoms with Crippen molar-refractivity contribution in [1.29, 1.82) is 0 Å². The van der Waals surface area contributed by atoms with Crippen LogP contribution in [0.1, 0.15) is 0 Å². The molecular formula is C28H14. The molecule has 0 unspecified atom stereocenters. The first kappa shape index (κ1) is 13.5. The summed E-state index contributed by atoms with van der Waals surface area (Å²) in [4.78, 5) is 0. The maximum Gasteiger partial charge on any atom is -0.000138 e. The van der Waals surface area contributed by atoms with Gasteiger partial charge in [0.1, 0.15) is 0 Å². The highest BCUT2D eigenvalue weighted by atomic mass is 14.2. The topological polar surface area (TPSA) is 0 Å². The van der Waals surface area contributed by atoms with E-state index in [2.05, 4.69) is 84.9 Å². The van der Waals surface area contributed by atoms with Crippen LogP contribution in [0.5, 0.6) is 0 Å². The molecule has 0 heteroatoms. The Labute approximate surface area is 160 Å². The molecule has 126 valence electrons. The standard InChI is InChI=1S/C28H14/c1-5-15-13-16-6-3-11-21-22-12-4-8-18-14-17-7-2-10-20-19(9-1)23(15)27(24(17)20)28(25(16)21)26(18)22/h1-14H. The molecule has 8 aromatic rings. The van der Waals surface area contributed by atoms with E-state index in [4.69, 9.17) is 0 Å². The van der Waals surface area contributed by atoms with Gasteiger partial charge >= 0.3 is 0 Å². The SMILES string of the molecule is c1cc2cc3cccc4c5cccc6cc7cccc8c(c1)c2c(c78)c(c34)c65. The second kappa shape index (κ2) is 4.26. The van der Waals surface area contributed by atoms with Crippen LogP contribution < -0.4 is 0 Å². The van der Waals surface area contributed by atoms with Crippen LogP contribution in [0.15, 0.2) is 84.9 Å². The zero-order valence-corrected chi connectivity index (χ0v) is 15.1. The number of benzene rings is 4. The summed E-state index contributed by atoms with van der Waals surface area (Å²) in [5.74, 6) is 0. The molecule has 0 N–H and O–H groups in total. The molecule has 0 aliphatic carbocycles. The van der Waals surface area contributed by atoms with E-state index in [-0.39, 0.29) is 0 Å². The lowest BCUT2D eigenvalue weighted by molar-refractivity contribution is 1.86. The van der Waals surface area contributed by atoms with Gasteiger partial charge in [-0.1, -0.05) is 72.8 Å². The molecule has 0 radical (unpaired) electrons. The fourth-order valence-corrected chi connectivity index (χ4v) is 5.86. The van der Waals surface area contributed by atoms with Crippen molar-refractivity contribution in [2.75, 3.05) is 0 Å². The van der Waals surface area contributed by atoms with E-state index >= 15 is 0 Å². The van der Waals surface area contributed by atoms with Gasteiger partial charge in [-0.3, -0.25) is 0 Å². The Bertz CT molecular complexity index is 1580. The Morgan fingerprint density at radius 2 is 0.571 bits per heavy atom. The van der Waals surface area contributed by atoms with Crippen LogP contribution in [0.3, 0.4) is 0 Å². The monoisotopic (exact) mass is 350 g/mol. The molecule has 0 bridgehead atoms. The Morgan fingerprint density at radius 1 is 0.286 bits per heavy atom. The van der Waals surface area contributed by atoms with Crippen LogP contribution in [0, 0.1) is 0 Å². The molecule has 0 saturated heterocycles. The summed E-state index contributed by atoms with van der Waals surface area (Å²) in [6.45, 7) is 0. The summed E-state index contributed by atoms with van der Waals surface area (Å²) >= 11 is 0. The Balaban J connectivity index is 2.01. The third-order valence-electron chi connectivity index (χ3n) is 6.84. The summed E-state index contributed by atoms with van der Waals surface area (Å²) in [6.07, 6.45) is 0. The quantitative estimate of drug-likeness (QED) is 0.259. The fraction of sp³-hybridized carbons (Fsp3) is 0. The van der Waals surface area contributed by atoms with E-state index < -0.39 is 0 Å². The van der Waals surface area contributed by atoms with Gasteiger partial charge in [0.25, 0.3) is 0 Å². The normalized spacial score (nSPS) is 13.0. The van der Waals surface area contributed by atoms with Crippen molar-refractivity contribution in [3.63, 3.8) is 0 Å². The smallest absolute Gasteiger partial charge is 0.000138 e. The predicted octanol–water partition coefficient (Wildman–Crippen LogP) is 8.07. The van der Waals surface area contributed by atoms with Gasteiger partial charge in [-0.25, -0.2) is 0 Å². The number of hydrogen-bond acceptors (Lipinski definition) is 0. The molecule has 0 aliphatic rings. The average Bonchev–Trinajstić information content (AvgIpc) is 3.12. The first-order valence-electron chi connectivity index (χ1n) is 9.88. The molecule has 0 heterocycles. The average molecular weight is 350 g/mol. The van der Waals surface area contributed by atoms with Gasteiger partial charge in [0.2, 0.25) is 0 Å². The van der Waals surface area contributed by atoms with Crippen molar-refractivity contribution < 1.29 is 0 Å². The van der Waals surface area contributed by atoms with Gasteiger partial charge in [0.15, 0.2) is 0 Å². The molecular weight excluding hydrogens is 336 g/mol. The maximum atomic E-state index is 2.40. The molecule has 0 atom stereocenters. The molecule has 0 spiro atoms. The molecule has 0 saturated carbocycles. The van der Waals surface area contributed by atoms with Crippen molar-refractivity contribution in [2.24, 2.45) is 0 Å². The molecule has 28 heavy (non-hydrogen) atoms. The van der Waals surface area contributed by atoms with E-state index in [0.29, 0.717) is 0 Å². The summed E-state index contributed by atoms with van der Waals surface area (Å²) in [7, 11) is 0. The van der Waals surface area contributed by atoms with Crippen LogP contribution >= 0.6 is 0 Å². The van der Waals surface area contributed by atoms with Crippen molar-refractivity contribution in [2.45, 2.75) is 0 Å². The van der Waals surface area contributed by atoms with E-state index in [1.807, 2.05) is 0 Å². The lowest BCUT2D eigenvalue weighted by atomic mass is 10.1. The van der Waals surface area contributed by atoms with E-state index in [9.17, 15) is 0 Å².